The van der Waals surface area contributed by atoms with Gasteiger partial charge in [0.2, 0.25) is 5.91 Å². The molecule has 1 amide bonds. The van der Waals surface area contributed by atoms with Crippen LogP contribution in [0.5, 0.6) is 0 Å². The monoisotopic (exact) mass is 432 g/mol. The lowest BCUT2D eigenvalue weighted by molar-refractivity contribution is -0.120. The van der Waals surface area contributed by atoms with Gasteiger partial charge in [-0.25, -0.2) is 0 Å². The number of piperidine rings is 1. The number of anilines is 2. The van der Waals surface area contributed by atoms with Crippen molar-refractivity contribution < 1.29 is 4.79 Å². The number of hydrogen-bond acceptors (Lipinski definition) is 4. The second kappa shape index (κ2) is 10.0. The highest BCUT2D eigenvalue weighted by Gasteiger charge is 2.33. The Morgan fingerprint density at radius 3 is 2.41 bits per heavy atom. The Kier molecular flexibility index (Phi) is 6.72. The smallest absolute Gasteiger partial charge is 0.231 e. The summed E-state index contributed by atoms with van der Waals surface area (Å²) in [4.78, 5) is 21.7. The molecule has 3 aliphatic rings. The highest BCUT2D eigenvalue weighted by atomic mass is 16.2. The number of benzene rings is 1. The van der Waals surface area contributed by atoms with Crippen molar-refractivity contribution in [1.82, 2.24) is 9.88 Å². The van der Waals surface area contributed by atoms with Crippen LogP contribution >= 0.6 is 0 Å². The molecule has 0 radical (unpaired) electrons. The Balaban J connectivity index is 1.06. The molecule has 0 atom stereocenters. The fourth-order valence-electron chi connectivity index (χ4n) is 5.66. The average molecular weight is 433 g/mol. The Morgan fingerprint density at radius 1 is 0.969 bits per heavy atom. The van der Waals surface area contributed by atoms with Crippen LogP contribution in [-0.2, 0) is 4.79 Å². The molecule has 1 N–H and O–H groups in total. The Bertz CT molecular complexity index is 864. The SMILES string of the molecule is O=C(Nc1ccc(C2CCN(CC3CCCCC3)CC2)cc1)C1CN(c2cccnc2)C1. The maximum Gasteiger partial charge on any atom is 0.231 e. The molecule has 1 saturated carbocycles. The Morgan fingerprint density at radius 2 is 1.72 bits per heavy atom. The number of nitrogens with zero attached hydrogens (tertiary/aromatic N) is 3. The first-order chi connectivity index (χ1) is 15.7. The van der Waals surface area contributed by atoms with Crippen LogP contribution in [0, 0.1) is 11.8 Å². The maximum atomic E-state index is 12.6. The summed E-state index contributed by atoms with van der Waals surface area (Å²) in [5, 5.41) is 3.11. The van der Waals surface area contributed by atoms with Gasteiger partial charge in [0, 0.05) is 31.5 Å². The lowest BCUT2D eigenvalue weighted by atomic mass is 9.86. The predicted octanol–water partition coefficient (Wildman–Crippen LogP) is 4.92. The topological polar surface area (TPSA) is 48.5 Å². The van der Waals surface area contributed by atoms with Crippen LogP contribution in [-0.4, -0.2) is 48.5 Å². The first-order valence-corrected chi connectivity index (χ1v) is 12.5. The highest BCUT2D eigenvalue weighted by Crippen LogP contribution is 2.31. The molecule has 1 aliphatic carbocycles. The van der Waals surface area contributed by atoms with E-state index in [-0.39, 0.29) is 11.8 Å². The van der Waals surface area contributed by atoms with E-state index in [1.807, 2.05) is 18.3 Å². The lowest BCUT2D eigenvalue weighted by Crippen LogP contribution is -2.52. The van der Waals surface area contributed by atoms with Crippen LogP contribution in [0.15, 0.2) is 48.8 Å². The third kappa shape index (κ3) is 5.15. The standard InChI is InChI=1S/C27H36N4O/c32-27(24-19-31(20-24)26-7-4-14-28-17-26)29-25-10-8-22(9-11-25)23-12-15-30(16-13-23)18-21-5-2-1-3-6-21/h4,7-11,14,17,21,23-24H,1-3,5-6,12-13,15-16,18-20H2,(H,29,32). The number of nitrogens with one attached hydrogen (secondary N) is 1. The minimum Gasteiger partial charge on any atom is -0.369 e. The van der Waals surface area contributed by atoms with Crippen LogP contribution in [0.3, 0.4) is 0 Å². The first kappa shape index (κ1) is 21.4. The number of pyridine rings is 1. The van der Waals surface area contributed by atoms with E-state index in [9.17, 15) is 4.79 Å². The van der Waals surface area contributed by atoms with Crippen molar-refractivity contribution in [2.45, 2.75) is 50.9 Å². The van der Waals surface area contributed by atoms with Gasteiger partial charge in [-0.3, -0.25) is 9.78 Å². The van der Waals surface area contributed by atoms with Crippen LogP contribution in [0.4, 0.5) is 11.4 Å². The van der Waals surface area contributed by atoms with Crippen molar-refractivity contribution in [3.63, 3.8) is 0 Å². The second-order valence-electron chi connectivity index (χ2n) is 10.0. The summed E-state index contributed by atoms with van der Waals surface area (Å²) >= 11 is 0. The van der Waals surface area contributed by atoms with E-state index < -0.39 is 0 Å². The fourth-order valence-corrected chi connectivity index (χ4v) is 5.66. The van der Waals surface area contributed by atoms with Gasteiger partial charge in [-0.2, -0.15) is 0 Å². The quantitative estimate of drug-likeness (QED) is 0.704. The zero-order valence-corrected chi connectivity index (χ0v) is 19.1. The van der Waals surface area contributed by atoms with Crippen molar-refractivity contribution in [3.05, 3.63) is 54.4 Å². The number of amides is 1. The summed E-state index contributed by atoms with van der Waals surface area (Å²) in [6.45, 7) is 5.30. The van der Waals surface area contributed by atoms with Gasteiger partial charge in [-0.1, -0.05) is 31.4 Å². The van der Waals surface area contributed by atoms with Crippen LogP contribution in [0.1, 0.15) is 56.4 Å². The summed E-state index contributed by atoms with van der Waals surface area (Å²) in [6, 6.07) is 12.6. The van der Waals surface area contributed by atoms with Gasteiger partial charge in [-0.15, -0.1) is 0 Å². The van der Waals surface area contributed by atoms with Gasteiger partial charge < -0.3 is 15.1 Å². The van der Waals surface area contributed by atoms with Crippen molar-refractivity contribution >= 4 is 17.3 Å². The van der Waals surface area contributed by atoms with E-state index in [0.29, 0.717) is 5.92 Å². The molecule has 1 aromatic carbocycles. The predicted molar refractivity (Wildman–Crippen MR) is 130 cm³/mol. The van der Waals surface area contributed by atoms with Crippen molar-refractivity contribution in [1.29, 1.82) is 0 Å². The zero-order chi connectivity index (χ0) is 21.8. The maximum absolute atomic E-state index is 12.6. The third-order valence-corrected chi connectivity index (χ3v) is 7.74. The largest absolute Gasteiger partial charge is 0.369 e. The van der Waals surface area contributed by atoms with Gasteiger partial charge in [0.1, 0.15) is 0 Å². The summed E-state index contributed by atoms with van der Waals surface area (Å²) < 4.78 is 0. The molecular weight excluding hydrogens is 396 g/mol. The van der Waals surface area contributed by atoms with Crippen LogP contribution in [0.25, 0.3) is 0 Å². The lowest BCUT2D eigenvalue weighted by Gasteiger charge is -2.39. The molecule has 1 aromatic heterocycles. The van der Waals surface area contributed by atoms with E-state index in [4.69, 9.17) is 0 Å². The summed E-state index contributed by atoms with van der Waals surface area (Å²) in [5.41, 5.74) is 3.42. The fraction of sp³-hybridized carbons (Fsp3) is 0.556. The molecule has 170 valence electrons. The molecule has 0 bridgehead atoms. The van der Waals surface area contributed by atoms with Crippen molar-refractivity contribution in [2.24, 2.45) is 11.8 Å². The van der Waals surface area contributed by atoms with Gasteiger partial charge in [0.15, 0.2) is 0 Å². The zero-order valence-electron chi connectivity index (χ0n) is 19.1. The molecule has 5 rings (SSSR count). The van der Waals surface area contributed by atoms with E-state index >= 15 is 0 Å². The summed E-state index contributed by atoms with van der Waals surface area (Å²) in [7, 11) is 0. The molecular formula is C27H36N4O. The molecule has 0 unspecified atom stereocenters. The van der Waals surface area contributed by atoms with E-state index in [1.54, 1.807) is 6.20 Å². The number of carbonyl (C=O) groups is 1. The number of likely N-dealkylation sites (tertiary alicyclic amines) is 1. The van der Waals surface area contributed by atoms with Gasteiger partial charge in [-0.05, 0) is 80.4 Å². The minimum absolute atomic E-state index is 0.0448. The Labute approximate surface area is 192 Å². The van der Waals surface area contributed by atoms with Crippen LogP contribution in [0.2, 0.25) is 0 Å². The minimum atomic E-state index is 0.0448. The summed E-state index contributed by atoms with van der Waals surface area (Å²) in [6.07, 6.45) is 13.3. The normalized spacial score (nSPS) is 21.3. The second-order valence-corrected chi connectivity index (χ2v) is 10.0. The molecule has 3 heterocycles. The van der Waals surface area contributed by atoms with Crippen LogP contribution < -0.4 is 10.2 Å². The highest BCUT2D eigenvalue weighted by molar-refractivity contribution is 5.94. The van der Waals surface area contributed by atoms with Crippen molar-refractivity contribution in [2.75, 3.05) is 42.9 Å². The third-order valence-electron chi connectivity index (χ3n) is 7.74. The van der Waals surface area contributed by atoms with Crippen molar-refractivity contribution in [3.8, 4) is 0 Å². The summed E-state index contributed by atoms with van der Waals surface area (Å²) in [5.74, 6) is 1.76. The number of aromatic nitrogens is 1. The molecule has 32 heavy (non-hydrogen) atoms. The van der Waals surface area contributed by atoms with E-state index in [1.165, 1.54) is 70.1 Å². The van der Waals surface area contributed by atoms with Gasteiger partial charge >= 0.3 is 0 Å². The number of carbonyl (C=O) groups excluding carboxylic acids is 1. The molecule has 2 saturated heterocycles. The molecule has 2 aromatic rings. The molecule has 5 heteroatoms. The Hall–Kier alpha value is -2.40. The van der Waals surface area contributed by atoms with E-state index in [0.717, 1.165) is 30.4 Å². The van der Waals surface area contributed by atoms with Gasteiger partial charge in [0.25, 0.3) is 0 Å². The average Bonchev–Trinajstić information content (AvgIpc) is 2.81. The first-order valence-electron chi connectivity index (χ1n) is 12.5. The molecule has 3 fully saturated rings. The number of hydrogen-bond donors (Lipinski definition) is 1. The van der Waals surface area contributed by atoms with Gasteiger partial charge in [0.05, 0.1) is 17.8 Å². The molecule has 0 spiro atoms. The number of rotatable bonds is 6. The molecule has 5 nitrogen and oxygen atoms in total. The van der Waals surface area contributed by atoms with E-state index in [2.05, 4.69) is 44.4 Å². The molecule has 2 aliphatic heterocycles.